The summed E-state index contributed by atoms with van der Waals surface area (Å²) in [6, 6.07) is 6.34. The summed E-state index contributed by atoms with van der Waals surface area (Å²) < 4.78 is 0. The Balaban J connectivity index is 2.96. The smallest absolute Gasteiger partial charge is 0.307 e. The van der Waals surface area contributed by atoms with Gasteiger partial charge < -0.3 is 5.11 Å². The summed E-state index contributed by atoms with van der Waals surface area (Å²) in [6.45, 7) is 14.5. The number of aliphatic carboxylic acids is 1. The first-order chi connectivity index (χ1) is 12.3. The molecule has 1 rings (SSSR count). The predicted octanol–water partition coefficient (Wildman–Crippen LogP) is 6.66. The van der Waals surface area contributed by atoms with E-state index in [0.717, 1.165) is 36.0 Å². The first-order valence-electron chi connectivity index (χ1n) is 9.27. The molecule has 0 radical (unpaired) electrons. The van der Waals surface area contributed by atoms with Crippen LogP contribution in [0.1, 0.15) is 63.6 Å². The van der Waals surface area contributed by atoms with Gasteiger partial charge in [0.2, 0.25) is 0 Å². The molecule has 0 bridgehead atoms. The highest BCUT2D eigenvalue weighted by Gasteiger charge is 2.10. The Labute approximate surface area is 158 Å². The van der Waals surface area contributed by atoms with Crippen molar-refractivity contribution in [1.82, 2.24) is 0 Å². The highest BCUT2D eigenvalue weighted by atomic mass is 16.4. The summed E-state index contributed by atoms with van der Waals surface area (Å²) in [5.74, 6) is -0.797. The van der Waals surface area contributed by atoms with Gasteiger partial charge in [-0.05, 0) is 74.8 Å². The van der Waals surface area contributed by atoms with Crippen LogP contribution < -0.4 is 0 Å². The number of carboxylic acids is 1. The first kappa shape index (κ1) is 21.7. The molecule has 0 atom stereocenters. The van der Waals surface area contributed by atoms with Gasteiger partial charge in [0.25, 0.3) is 0 Å². The largest absolute Gasteiger partial charge is 0.481 e. The summed E-state index contributed by atoms with van der Waals surface area (Å²) in [6.07, 6.45) is 9.15. The van der Waals surface area contributed by atoms with Crippen molar-refractivity contribution in [2.75, 3.05) is 0 Å². The monoisotopic (exact) mass is 352 g/mol. The molecule has 2 nitrogen and oxygen atoms in total. The molecule has 0 amide bonds. The maximum atomic E-state index is 11.0. The van der Waals surface area contributed by atoms with Crippen molar-refractivity contribution in [3.8, 4) is 0 Å². The minimum atomic E-state index is -0.797. The molecule has 1 aromatic rings. The quantitative estimate of drug-likeness (QED) is 0.504. The van der Waals surface area contributed by atoms with Crippen LogP contribution in [0.4, 0.5) is 0 Å². The van der Waals surface area contributed by atoms with E-state index in [1.807, 2.05) is 13.0 Å². The third kappa shape index (κ3) is 6.87. The Bertz CT molecular complexity index is 741. The average molecular weight is 353 g/mol. The van der Waals surface area contributed by atoms with E-state index >= 15 is 0 Å². The normalized spacial score (nSPS) is 12.0. The van der Waals surface area contributed by atoms with E-state index in [-0.39, 0.29) is 6.42 Å². The number of carbonyl (C=O) groups is 1. The van der Waals surface area contributed by atoms with Gasteiger partial charge in [-0.15, -0.1) is 0 Å². The predicted molar refractivity (Wildman–Crippen MR) is 112 cm³/mol. The van der Waals surface area contributed by atoms with Gasteiger partial charge in [0, 0.05) is 0 Å². The SMILES string of the molecule is C=C(CC)/C(=C\C=C(C)C)CCc1ccc(/C(=C\C)CC(=O)O)c(C)c1. The fourth-order valence-corrected chi connectivity index (χ4v) is 2.91. The topological polar surface area (TPSA) is 37.3 Å². The van der Waals surface area contributed by atoms with Gasteiger partial charge in [0.1, 0.15) is 0 Å². The fourth-order valence-electron chi connectivity index (χ4n) is 2.91. The molecule has 1 aromatic carbocycles. The second kappa shape index (κ2) is 10.6. The van der Waals surface area contributed by atoms with Gasteiger partial charge in [-0.2, -0.15) is 0 Å². The van der Waals surface area contributed by atoms with Crippen LogP contribution in [0.5, 0.6) is 0 Å². The minimum absolute atomic E-state index is 0.0581. The fraction of sp³-hybridized carbons (Fsp3) is 0.375. The van der Waals surface area contributed by atoms with Crippen LogP contribution in [0.25, 0.3) is 5.57 Å². The van der Waals surface area contributed by atoms with Gasteiger partial charge in [0.05, 0.1) is 6.42 Å². The molecular formula is C24H32O2. The molecule has 0 spiro atoms. The van der Waals surface area contributed by atoms with Crippen molar-refractivity contribution in [1.29, 1.82) is 0 Å². The Kier molecular flexibility index (Phi) is 8.84. The van der Waals surface area contributed by atoms with Crippen LogP contribution in [0.15, 0.2) is 59.7 Å². The second-order valence-electron chi connectivity index (χ2n) is 6.93. The maximum Gasteiger partial charge on any atom is 0.307 e. The molecular weight excluding hydrogens is 320 g/mol. The lowest BCUT2D eigenvalue weighted by Gasteiger charge is -2.13. The van der Waals surface area contributed by atoms with Crippen LogP contribution in [0.3, 0.4) is 0 Å². The van der Waals surface area contributed by atoms with E-state index in [1.165, 1.54) is 22.3 Å². The zero-order valence-corrected chi connectivity index (χ0v) is 16.9. The number of carboxylic acid groups (broad SMARTS) is 1. The lowest BCUT2D eigenvalue weighted by Crippen LogP contribution is -1.99. The molecule has 0 heterocycles. The molecule has 140 valence electrons. The highest BCUT2D eigenvalue weighted by molar-refractivity contribution is 5.84. The molecule has 0 unspecified atom stereocenters. The third-order valence-electron chi connectivity index (χ3n) is 4.51. The van der Waals surface area contributed by atoms with Gasteiger partial charge in [-0.1, -0.05) is 61.1 Å². The Hall–Kier alpha value is -2.35. The van der Waals surface area contributed by atoms with E-state index in [1.54, 1.807) is 0 Å². The maximum absolute atomic E-state index is 11.0. The minimum Gasteiger partial charge on any atom is -0.481 e. The highest BCUT2D eigenvalue weighted by Crippen LogP contribution is 2.25. The number of allylic oxidation sites excluding steroid dienone is 6. The van der Waals surface area contributed by atoms with Gasteiger partial charge in [0.15, 0.2) is 0 Å². The van der Waals surface area contributed by atoms with E-state index in [2.05, 4.69) is 64.6 Å². The zero-order valence-electron chi connectivity index (χ0n) is 16.9. The van der Waals surface area contributed by atoms with Crippen LogP contribution >= 0.6 is 0 Å². The standard InChI is InChI=1S/C24H32O2/c1-7-18(5)22(12-9-17(3)4)13-10-20-11-14-23(19(6)15-20)21(8-2)16-24(25)26/h8-9,11-12,14-15H,5,7,10,13,16H2,1-4,6H3,(H,25,26)/b21-8-,22-12-. The zero-order chi connectivity index (χ0) is 19.7. The van der Waals surface area contributed by atoms with Crippen molar-refractivity contribution in [3.63, 3.8) is 0 Å². The number of aryl methyl sites for hydroxylation is 2. The molecule has 0 aliphatic rings. The molecule has 0 saturated heterocycles. The lowest BCUT2D eigenvalue weighted by atomic mass is 9.93. The lowest BCUT2D eigenvalue weighted by molar-refractivity contribution is -0.135. The van der Waals surface area contributed by atoms with Crippen LogP contribution in [-0.2, 0) is 11.2 Å². The summed E-state index contributed by atoms with van der Waals surface area (Å²) in [5.41, 5.74) is 8.06. The van der Waals surface area contributed by atoms with Gasteiger partial charge in [-0.3, -0.25) is 4.79 Å². The molecule has 0 fully saturated rings. The molecule has 0 aromatic heterocycles. The Morgan fingerprint density at radius 1 is 1.23 bits per heavy atom. The van der Waals surface area contributed by atoms with E-state index in [4.69, 9.17) is 5.11 Å². The molecule has 0 saturated carbocycles. The van der Waals surface area contributed by atoms with E-state index < -0.39 is 5.97 Å². The summed E-state index contributed by atoms with van der Waals surface area (Å²) in [5, 5.41) is 9.07. The van der Waals surface area contributed by atoms with Crippen molar-refractivity contribution in [3.05, 3.63) is 76.4 Å². The van der Waals surface area contributed by atoms with Crippen LogP contribution in [0, 0.1) is 6.92 Å². The molecule has 0 aliphatic carbocycles. The van der Waals surface area contributed by atoms with Crippen molar-refractivity contribution < 1.29 is 9.90 Å². The van der Waals surface area contributed by atoms with Gasteiger partial charge in [-0.25, -0.2) is 0 Å². The molecule has 1 N–H and O–H groups in total. The molecule has 2 heteroatoms. The van der Waals surface area contributed by atoms with Crippen molar-refractivity contribution in [2.45, 2.75) is 60.3 Å². The summed E-state index contributed by atoms with van der Waals surface area (Å²) >= 11 is 0. The third-order valence-corrected chi connectivity index (χ3v) is 4.51. The number of rotatable bonds is 9. The van der Waals surface area contributed by atoms with Crippen molar-refractivity contribution in [2.24, 2.45) is 0 Å². The summed E-state index contributed by atoms with van der Waals surface area (Å²) in [4.78, 5) is 11.0. The first-order valence-corrected chi connectivity index (χ1v) is 9.27. The number of hydrogen-bond acceptors (Lipinski definition) is 1. The van der Waals surface area contributed by atoms with E-state index in [0.29, 0.717) is 0 Å². The Morgan fingerprint density at radius 2 is 1.92 bits per heavy atom. The second-order valence-corrected chi connectivity index (χ2v) is 6.93. The van der Waals surface area contributed by atoms with Crippen LogP contribution in [0.2, 0.25) is 0 Å². The van der Waals surface area contributed by atoms with Crippen LogP contribution in [-0.4, -0.2) is 11.1 Å². The van der Waals surface area contributed by atoms with Crippen molar-refractivity contribution >= 4 is 11.5 Å². The molecule has 0 aliphatic heterocycles. The number of benzene rings is 1. The summed E-state index contributed by atoms with van der Waals surface area (Å²) in [7, 11) is 0. The average Bonchev–Trinajstić information content (AvgIpc) is 2.59. The van der Waals surface area contributed by atoms with Gasteiger partial charge >= 0.3 is 5.97 Å². The Morgan fingerprint density at radius 3 is 2.42 bits per heavy atom. The van der Waals surface area contributed by atoms with E-state index in [9.17, 15) is 4.79 Å². The molecule has 26 heavy (non-hydrogen) atoms. The number of hydrogen-bond donors (Lipinski definition) is 1.